The van der Waals surface area contributed by atoms with Gasteiger partial charge < -0.3 is 15.4 Å². The van der Waals surface area contributed by atoms with Crippen molar-refractivity contribution >= 4 is 29.3 Å². The number of hydrogen-bond donors (Lipinski definition) is 2. The molecule has 6 heteroatoms. The number of piperidine rings is 1. The van der Waals surface area contributed by atoms with E-state index in [0.29, 0.717) is 29.8 Å². The van der Waals surface area contributed by atoms with Gasteiger partial charge >= 0.3 is 5.97 Å². The monoisotopic (exact) mass is 364 g/mol. The van der Waals surface area contributed by atoms with Crippen molar-refractivity contribution in [1.29, 1.82) is 0 Å². The third kappa shape index (κ3) is 7.08. The summed E-state index contributed by atoms with van der Waals surface area (Å²) in [5, 5.41) is 6.37. The van der Waals surface area contributed by atoms with Crippen molar-refractivity contribution in [1.82, 2.24) is 5.32 Å². The zero-order valence-electron chi connectivity index (χ0n) is 15.0. The Balaban J connectivity index is 1.79. The van der Waals surface area contributed by atoms with Gasteiger partial charge in [-0.05, 0) is 55.5 Å². The Labute approximate surface area is 154 Å². The summed E-state index contributed by atoms with van der Waals surface area (Å²) in [5.41, 5.74) is 1.90. The first-order chi connectivity index (χ1) is 12.1. The minimum atomic E-state index is -0.221. The van der Waals surface area contributed by atoms with E-state index in [4.69, 9.17) is 0 Å². The molecule has 0 saturated carbocycles. The maximum atomic E-state index is 12.3. The van der Waals surface area contributed by atoms with E-state index in [0.717, 1.165) is 37.2 Å². The number of carbonyl (C=O) groups excluding carboxylic acids is 2. The summed E-state index contributed by atoms with van der Waals surface area (Å²) in [6.45, 7) is 4.29. The molecule has 0 bridgehead atoms. The molecule has 1 unspecified atom stereocenters. The van der Waals surface area contributed by atoms with Crippen LogP contribution in [0, 0.1) is 11.8 Å². The van der Waals surface area contributed by atoms with Gasteiger partial charge in [-0.2, -0.15) is 0 Å². The molecule has 1 aromatic rings. The molecule has 0 aromatic heterocycles. The Morgan fingerprint density at radius 1 is 1.36 bits per heavy atom. The van der Waals surface area contributed by atoms with Crippen LogP contribution in [0.15, 0.2) is 24.3 Å². The van der Waals surface area contributed by atoms with Gasteiger partial charge in [-0.1, -0.05) is 19.1 Å². The lowest BCUT2D eigenvalue weighted by Gasteiger charge is -2.27. The number of thioether (sulfide) groups is 1. The first-order valence-electron chi connectivity index (χ1n) is 8.82. The molecule has 2 rings (SSSR count). The van der Waals surface area contributed by atoms with Crippen LogP contribution >= 0.6 is 11.8 Å². The second-order valence-corrected chi connectivity index (χ2v) is 7.57. The Morgan fingerprint density at radius 2 is 2.12 bits per heavy atom. The number of nitrogens with one attached hydrogen (secondary N) is 2. The van der Waals surface area contributed by atoms with Crippen molar-refractivity contribution in [3.8, 4) is 0 Å². The molecule has 25 heavy (non-hydrogen) atoms. The number of carbonyl (C=O) groups is 2. The van der Waals surface area contributed by atoms with Crippen LogP contribution in [0.2, 0.25) is 0 Å². The lowest BCUT2D eigenvalue weighted by atomic mass is 9.84. The predicted octanol–water partition coefficient (Wildman–Crippen LogP) is 3.06. The molecule has 1 atom stereocenters. The highest BCUT2D eigenvalue weighted by molar-refractivity contribution is 7.99. The average Bonchev–Trinajstić information content (AvgIpc) is 2.62. The molecule has 1 amide bonds. The van der Waals surface area contributed by atoms with Crippen LogP contribution in [-0.2, 0) is 20.1 Å². The molecule has 1 fully saturated rings. The fourth-order valence-electron chi connectivity index (χ4n) is 3.13. The Bertz CT molecular complexity index is 574. The van der Waals surface area contributed by atoms with E-state index in [2.05, 4.69) is 22.3 Å². The largest absolute Gasteiger partial charge is 0.468 e. The molecule has 2 N–H and O–H groups in total. The maximum Gasteiger partial charge on any atom is 0.315 e. The van der Waals surface area contributed by atoms with Crippen molar-refractivity contribution < 1.29 is 14.3 Å². The summed E-state index contributed by atoms with van der Waals surface area (Å²) in [6.07, 6.45) is 2.87. The first kappa shape index (κ1) is 19.8. The summed E-state index contributed by atoms with van der Waals surface area (Å²) in [5.74, 6) is 1.94. The summed E-state index contributed by atoms with van der Waals surface area (Å²) in [6, 6.07) is 7.80. The van der Waals surface area contributed by atoms with E-state index >= 15 is 0 Å². The molecule has 1 aliphatic rings. The lowest BCUT2D eigenvalue weighted by Crippen LogP contribution is -2.32. The first-order valence-corrected chi connectivity index (χ1v) is 9.98. The van der Waals surface area contributed by atoms with Crippen molar-refractivity contribution in [2.24, 2.45) is 11.8 Å². The van der Waals surface area contributed by atoms with Gasteiger partial charge in [-0.15, -0.1) is 11.8 Å². The Morgan fingerprint density at radius 3 is 2.84 bits per heavy atom. The van der Waals surface area contributed by atoms with Crippen LogP contribution < -0.4 is 10.6 Å². The molecule has 0 radical (unpaired) electrons. The molecular weight excluding hydrogens is 336 g/mol. The van der Waals surface area contributed by atoms with E-state index in [1.807, 2.05) is 24.3 Å². The highest BCUT2D eigenvalue weighted by Crippen LogP contribution is 2.25. The normalized spacial score (nSPS) is 16.2. The predicted molar refractivity (Wildman–Crippen MR) is 103 cm³/mol. The SMILES string of the molecule is COC(=O)CSCc1cccc(NC(=O)CC(C)C2CCNCC2)c1. The van der Waals surface area contributed by atoms with E-state index in [1.54, 1.807) is 0 Å². The Hall–Kier alpha value is -1.53. The smallest absolute Gasteiger partial charge is 0.315 e. The number of ether oxygens (including phenoxy) is 1. The zero-order valence-corrected chi connectivity index (χ0v) is 15.9. The van der Waals surface area contributed by atoms with E-state index in [9.17, 15) is 9.59 Å². The van der Waals surface area contributed by atoms with Gasteiger partial charge in [0, 0.05) is 17.9 Å². The molecule has 1 aliphatic heterocycles. The van der Waals surface area contributed by atoms with Crippen molar-refractivity contribution in [2.75, 3.05) is 31.3 Å². The van der Waals surface area contributed by atoms with Crippen molar-refractivity contribution in [3.05, 3.63) is 29.8 Å². The van der Waals surface area contributed by atoms with Gasteiger partial charge in [0.25, 0.3) is 0 Å². The lowest BCUT2D eigenvalue weighted by molar-refractivity contribution is -0.137. The number of hydrogen-bond acceptors (Lipinski definition) is 5. The van der Waals surface area contributed by atoms with Crippen LogP contribution in [0.4, 0.5) is 5.69 Å². The van der Waals surface area contributed by atoms with E-state index in [1.165, 1.54) is 18.9 Å². The van der Waals surface area contributed by atoms with Crippen molar-refractivity contribution in [3.63, 3.8) is 0 Å². The second kappa shape index (κ2) is 10.5. The second-order valence-electron chi connectivity index (χ2n) is 6.59. The molecule has 0 spiro atoms. The van der Waals surface area contributed by atoms with E-state index in [-0.39, 0.29) is 11.9 Å². The molecule has 0 aliphatic carbocycles. The minimum absolute atomic E-state index is 0.0744. The molecule has 138 valence electrons. The number of anilines is 1. The number of methoxy groups -OCH3 is 1. The third-order valence-corrected chi connectivity index (χ3v) is 5.60. The van der Waals surface area contributed by atoms with Gasteiger partial charge in [-0.25, -0.2) is 0 Å². The van der Waals surface area contributed by atoms with Gasteiger partial charge in [0.15, 0.2) is 0 Å². The van der Waals surface area contributed by atoms with Crippen molar-refractivity contribution in [2.45, 2.75) is 31.9 Å². The van der Waals surface area contributed by atoms with Crippen LogP contribution in [0.1, 0.15) is 31.7 Å². The summed E-state index contributed by atoms with van der Waals surface area (Å²) in [7, 11) is 1.39. The number of rotatable bonds is 8. The Kier molecular flexibility index (Phi) is 8.28. The maximum absolute atomic E-state index is 12.3. The molecule has 1 heterocycles. The summed E-state index contributed by atoms with van der Waals surface area (Å²) < 4.78 is 4.63. The molecular formula is C19H28N2O3S. The zero-order chi connectivity index (χ0) is 18.1. The van der Waals surface area contributed by atoms with E-state index < -0.39 is 0 Å². The fraction of sp³-hybridized carbons (Fsp3) is 0.579. The minimum Gasteiger partial charge on any atom is -0.468 e. The van der Waals surface area contributed by atoms with Gasteiger partial charge in [0.2, 0.25) is 5.91 Å². The molecule has 1 aromatic carbocycles. The topological polar surface area (TPSA) is 67.4 Å². The van der Waals surface area contributed by atoms with Gasteiger partial charge in [0.1, 0.15) is 0 Å². The van der Waals surface area contributed by atoms with Crippen LogP contribution in [0.3, 0.4) is 0 Å². The van der Waals surface area contributed by atoms with Crippen LogP contribution in [0.5, 0.6) is 0 Å². The quantitative estimate of drug-likeness (QED) is 0.694. The standard InChI is InChI=1S/C19H28N2O3S/c1-14(16-6-8-20-9-7-16)10-18(22)21-17-5-3-4-15(11-17)12-25-13-19(23)24-2/h3-5,11,14,16,20H,6-10,12-13H2,1-2H3,(H,21,22). The number of esters is 1. The fourth-order valence-corrected chi connectivity index (χ4v) is 3.94. The summed E-state index contributed by atoms with van der Waals surface area (Å²) >= 11 is 1.50. The number of benzene rings is 1. The average molecular weight is 365 g/mol. The number of amides is 1. The van der Waals surface area contributed by atoms with Gasteiger partial charge in [-0.3, -0.25) is 9.59 Å². The third-order valence-electron chi connectivity index (χ3n) is 4.62. The highest BCUT2D eigenvalue weighted by Gasteiger charge is 2.22. The van der Waals surface area contributed by atoms with Crippen LogP contribution in [-0.4, -0.2) is 37.8 Å². The van der Waals surface area contributed by atoms with Gasteiger partial charge in [0.05, 0.1) is 12.9 Å². The van der Waals surface area contributed by atoms with Crippen LogP contribution in [0.25, 0.3) is 0 Å². The molecule has 5 nitrogen and oxygen atoms in total. The molecule has 1 saturated heterocycles. The summed E-state index contributed by atoms with van der Waals surface area (Å²) in [4.78, 5) is 23.5. The highest BCUT2D eigenvalue weighted by atomic mass is 32.2.